The third-order valence-corrected chi connectivity index (χ3v) is 1.38. The molecule has 0 aromatic rings. The number of hydrogen-bond donors (Lipinski definition) is 0. The molecule has 0 amide bonds. The zero-order valence-corrected chi connectivity index (χ0v) is 4.87. The SMILES string of the molecule is C[C@@H]1OC=CC1=S. The van der Waals surface area contributed by atoms with E-state index in [0.29, 0.717) is 0 Å². The van der Waals surface area contributed by atoms with Crippen molar-refractivity contribution in [1.82, 2.24) is 0 Å². The lowest BCUT2D eigenvalue weighted by molar-refractivity contribution is 0.235. The van der Waals surface area contributed by atoms with Crippen molar-refractivity contribution in [2.45, 2.75) is 13.0 Å². The van der Waals surface area contributed by atoms with Crippen LogP contribution < -0.4 is 0 Å². The summed E-state index contributed by atoms with van der Waals surface area (Å²) in [5.41, 5.74) is 0. The highest BCUT2D eigenvalue weighted by atomic mass is 32.1. The summed E-state index contributed by atoms with van der Waals surface area (Å²) in [7, 11) is 0. The second-order valence-corrected chi connectivity index (χ2v) is 1.95. The predicted octanol–water partition coefficient (Wildman–Crippen LogP) is 1.29. The van der Waals surface area contributed by atoms with E-state index in [1.807, 2.05) is 6.92 Å². The molecule has 0 spiro atoms. The highest BCUT2D eigenvalue weighted by Gasteiger charge is 2.08. The molecular weight excluding hydrogens is 108 g/mol. The summed E-state index contributed by atoms with van der Waals surface area (Å²) in [6, 6.07) is 0. The van der Waals surface area contributed by atoms with Crippen LogP contribution in [0, 0.1) is 0 Å². The number of ether oxygens (including phenoxy) is 1. The molecule has 0 aromatic carbocycles. The van der Waals surface area contributed by atoms with Gasteiger partial charge in [-0.15, -0.1) is 0 Å². The van der Waals surface area contributed by atoms with Gasteiger partial charge in [-0.2, -0.15) is 0 Å². The van der Waals surface area contributed by atoms with Crippen LogP contribution in [0.15, 0.2) is 12.3 Å². The van der Waals surface area contributed by atoms with E-state index >= 15 is 0 Å². The summed E-state index contributed by atoms with van der Waals surface area (Å²) < 4.78 is 4.94. The third-order valence-electron chi connectivity index (χ3n) is 0.916. The van der Waals surface area contributed by atoms with Crippen molar-refractivity contribution in [3.05, 3.63) is 12.3 Å². The Kier molecular flexibility index (Phi) is 1.11. The molecule has 0 aromatic heterocycles. The lowest BCUT2D eigenvalue weighted by atomic mass is 10.3. The van der Waals surface area contributed by atoms with Gasteiger partial charge in [0, 0.05) is 0 Å². The first-order valence-corrected chi connectivity index (χ1v) is 2.57. The van der Waals surface area contributed by atoms with E-state index < -0.39 is 0 Å². The van der Waals surface area contributed by atoms with Crippen LogP contribution >= 0.6 is 12.2 Å². The number of rotatable bonds is 0. The first-order valence-electron chi connectivity index (χ1n) is 2.16. The average Bonchev–Trinajstić information content (AvgIpc) is 1.91. The summed E-state index contributed by atoms with van der Waals surface area (Å²) >= 11 is 4.83. The topological polar surface area (TPSA) is 9.23 Å². The Bertz CT molecular complexity index is 117. The standard InChI is InChI=1S/C5H6OS/c1-4-5(7)2-3-6-4/h2-4H,1H3/t4-/m0/s1. The van der Waals surface area contributed by atoms with Crippen molar-refractivity contribution >= 4 is 17.1 Å². The van der Waals surface area contributed by atoms with E-state index in [1.54, 1.807) is 12.3 Å². The van der Waals surface area contributed by atoms with Crippen molar-refractivity contribution in [2.75, 3.05) is 0 Å². The van der Waals surface area contributed by atoms with Gasteiger partial charge in [0.2, 0.25) is 0 Å². The molecule has 1 heterocycles. The van der Waals surface area contributed by atoms with Crippen LogP contribution in [-0.2, 0) is 4.74 Å². The van der Waals surface area contributed by atoms with E-state index in [-0.39, 0.29) is 6.10 Å². The maximum atomic E-state index is 4.94. The summed E-state index contributed by atoms with van der Waals surface area (Å²) in [6.07, 6.45) is 3.57. The van der Waals surface area contributed by atoms with Gasteiger partial charge in [-0.3, -0.25) is 0 Å². The van der Waals surface area contributed by atoms with Gasteiger partial charge in [0.1, 0.15) is 6.10 Å². The third kappa shape index (κ3) is 0.800. The smallest absolute Gasteiger partial charge is 0.130 e. The molecule has 0 N–H and O–H groups in total. The first-order chi connectivity index (χ1) is 3.30. The molecular formula is C5H6OS. The fourth-order valence-electron chi connectivity index (χ4n) is 0.427. The maximum Gasteiger partial charge on any atom is 0.130 e. The van der Waals surface area contributed by atoms with Crippen LogP contribution in [-0.4, -0.2) is 11.0 Å². The van der Waals surface area contributed by atoms with Crippen molar-refractivity contribution in [3.8, 4) is 0 Å². The molecule has 0 saturated heterocycles. The van der Waals surface area contributed by atoms with E-state index in [0.717, 1.165) is 4.86 Å². The summed E-state index contributed by atoms with van der Waals surface area (Å²) in [6.45, 7) is 1.93. The van der Waals surface area contributed by atoms with Gasteiger partial charge in [-0.05, 0) is 13.0 Å². The Morgan fingerprint density at radius 3 is 2.71 bits per heavy atom. The predicted molar refractivity (Wildman–Crippen MR) is 32.3 cm³/mol. The minimum absolute atomic E-state index is 0.134. The maximum absolute atomic E-state index is 4.94. The monoisotopic (exact) mass is 114 g/mol. The minimum atomic E-state index is 0.134. The lowest BCUT2D eigenvalue weighted by Gasteiger charge is -1.98. The Morgan fingerprint density at radius 1 is 1.86 bits per heavy atom. The largest absolute Gasteiger partial charge is 0.493 e. The van der Waals surface area contributed by atoms with Gasteiger partial charge in [-0.1, -0.05) is 12.2 Å². The van der Waals surface area contributed by atoms with Gasteiger partial charge in [0.15, 0.2) is 0 Å². The van der Waals surface area contributed by atoms with E-state index in [1.165, 1.54) is 0 Å². The number of hydrogen-bond acceptors (Lipinski definition) is 2. The molecule has 0 radical (unpaired) electrons. The van der Waals surface area contributed by atoms with Crippen molar-refractivity contribution < 1.29 is 4.74 Å². The first kappa shape index (κ1) is 4.78. The molecule has 0 aliphatic carbocycles. The second kappa shape index (κ2) is 1.62. The molecule has 0 saturated carbocycles. The van der Waals surface area contributed by atoms with Gasteiger partial charge in [-0.25, -0.2) is 0 Å². The molecule has 0 unspecified atom stereocenters. The Labute approximate surface area is 48.0 Å². The van der Waals surface area contributed by atoms with Gasteiger partial charge in [0.25, 0.3) is 0 Å². The Morgan fingerprint density at radius 2 is 2.57 bits per heavy atom. The minimum Gasteiger partial charge on any atom is -0.493 e. The summed E-state index contributed by atoms with van der Waals surface area (Å²) in [4.78, 5) is 0.889. The highest BCUT2D eigenvalue weighted by Crippen LogP contribution is 2.04. The van der Waals surface area contributed by atoms with Crippen molar-refractivity contribution in [3.63, 3.8) is 0 Å². The average molecular weight is 114 g/mol. The normalized spacial score (nSPS) is 28.1. The second-order valence-electron chi connectivity index (χ2n) is 1.48. The molecule has 0 fully saturated rings. The molecule has 1 atom stereocenters. The molecule has 1 aliphatic rings. The number of thiocarbonyl (C=S) groups is 1. The van der Waals surface area contributed by atoms with E-state index in [4.69, 9.17) is 17.0 Å². The van der Waals surface area contributed by atoms with E-state index in [9.17, 15) is 0 Å². The molecule has 7 heavy (non-hydrogen) atoms. The summed E-state index contributed by atoms with van der Waals surface area (Å²) in [5, 5.41) is 0. The van der Waals surface area contributed by atoms with Gasteiger partial charge < -0.3 is 4.74 Å². The molecule has 0 bridgehead atoms. The van der Waals surface area contributed by atoms with Crippen LogP contribution in [0.5, 0.6) is 0 Å². The Balaban J connectivity index is 2.62. The fraction of sp³-hybridized carbons (Fsp3) is 0.400. The molecule has 38 valence electrons. The highest BCUT2D eigenvalue weighted by molar-refractivity contribution is 7.80. The molecule has 1 nitrogen and oxygen atoms in total. The van der Waals surface area contributed by atoms with Crippen LogP contribution in [0.2, 0.25) is 0 Å². The van der Waals surface area contributed by atoms with Gasteiger partial charge >= 0.3 is 0 Å². The van der Waals surface area contributed by atoms with Crippen molar-refractivity contribution in [2.24, 2.45) is 0 Å². The zero-order valence-electron chi connectivity index (χ0n) is 4.05. The zero-order chi connectivity index (χ0) is 5.28. The summed E-state index contributed by atoms with van der Waals surface area (Å²) in [5.74, 6) is 0. The molecule has 2 heteroatoms. The molecule has 1 aliphatic heterocycles. The van der Waals surface area contributed by atoms with Crippen LogP contribution in [0.1, 0.15) is 6.92 Å². The van der Waals surface area contributed by atoms with E-state index in [2.05, 4.69) is 0 Å². The van der Waals surface area contributed by atoms with Crippen LogP contribution in [0.25, 0.3) is 0 Å². The quantitative estimate of drug-likeness (QED) is 0.439. The Hall–Kier alpha value is -0.370. The van der Waals surface area contributed by atoms with Crippen LogP contribution in [0.4, 0.5) is 0 Å². The van der Waals surface area contributed by atoms with Crippen LogP contribution in [0.3, 0.4) is 0 Å². The van der Waals surface area contributed by atoms with Gasteiger partial charge in [0.05, 0.1) is 11.1 Å². The molecule has 1 rings (SSSR count). The fourth-order valence-corrected chi connectivity index (χ4v) is 0.538. The lowest BCUT2D eigenvalue weighted by Crippen LogP contribution is -2.06. The van der Waals surface area contributed by atoms with Crippen molar-refractivity contribution in [1.29, 1.82) is 0 Å².